The number of Topliss-reactive ketones (excluding diaryl/α,β-unsaturated/α-hetero) is 1. The number of hydrogen-bond donors (Lipinski definition) is 0. The maximum Gasteiger partial charge on any atom is 0.211 e. The van der Waals surface area contributed by atoms with Crippen LogP contribution < -0.4 is 9.47 Å². The second kappa shape index (κ2) is 6.39. The van der Waals surface area contributed by atoms with Gasteiger partial charge < -0.3 is 9.47 Å². The van der Waals surface area contributed by atoms with Gasteiger partial charge in [-0.2, -0.15) is 5.11 Å². The molecule has 0 amide bonds. The number of benzene rings is 2. The Morgan fingerprint density at radius 2 is 2.04 bits per heavy atom. The molecule has 2 aliphatic heterocycles. The zero-order valence-electron chi connectivity index (χ0n) is 13.8. The molecule has 2 heterocycles. The van der Waals surface area contributed by atoms with Gasteiger partial charge in [0.2, 0.25) is 5.78 Å². The average molecular weight is 335 g/mol. The fourth-order valence-electron chi connectivity index (χ4n) is 2.98. The van der Waals surface area contributed by atoms with Gasteiger partial charge in [-0.3, -0.25) is 4.79 Å². The molecule has 0 aromatic heterocycles. The van der Waals surface area contributed by atoms with Crippen molar-refractivity contribution in [3.8, 4) is 11.5 Å². The lowest BCUT2D eigenvalue weighted by Gasteiger charge is -2.27. The van der Waals surface area contributed by atoms with Crippen molar-refractivity contribution in [2.24, 2.45) is 10.3 Å². The van der Waals surface area contributed by atoms with Crippen molar-refractivity contribution >= 4 is 11.9 Å². The van der Waals surface area contributed by atoms with Crippen LogP contribution in [0.25, 0.3) is 6.08 Å². The van der Waals surface area contributed by atoms with Crippen molar-refractivity contribution in [1.82, 2.24) is 5.01 Å². The van der Waals surface area contributed by atoms with E-state index in [9.17, 15) is 4.79 Å². The number of rotatable bonds is 3. The molecule has 0 spiro atoms. The average Bonchev–Trinajstić information content (AvgIpc) is 3.10. The minimum atomic E-state index is -0.114. The Kier molecular flexibility index (Phi) is 3.93. The molecule has 25 heavy (non-hydrogen) atoms. The van der Waals surface area contributed by atoms with Crippen LogP contribution in [0.2, 0.25) is 0 Å². The lowest BCUT2D eigenvalue weighted by atomic mass is 10.0. The minimum Gasteiger partial charge on any atom is -0.493 e. The molecule has 2 aromatic carbocycles. The van der Waals surface area contributed by atoms with Crippen molar-refractivity contribution in [3.05, 3.63) is 65.4 Å². The molecule has 6 heteroatoms. The standard InChI is InChI=1S/C19H17N3O3/c1-24-17-9-5-8-14-10-16(18(23)13-6-3-2-4-7-13)22-15(11-20-21-22)12-25-19(14)17/h2-10,15H,11-12H2,1H3/b16-10-. The Morgan fingerprint density at radius 3 is 2.84 bits per heavy atom. The van der Waals surface area contributed by atoms with Gasteiger partial charge in [-0.25, -0.2) is 5.01 Å². The largest absolute Gasteiger partial charge is 0.493 e. The number of nitrogens with zero attached hydrogens (tertiary/aromatic N) is 3. The van der Waals surface area contributed by atoms with Crippen LogP contribution in [0, 0.1) is 0 Å². The Balaban J connectivity index is 1.85. The van der Waals surface area contributed by atoms with Crippen LogP contribution in [-0.4, -0.2) is 37.1 Å². The number of para-hydroxylation sites is 1. The van der Waals surface area contributed by atoms with Gasteiger partial charge in [0.1, 0.15) is 18.3 Å². The van der Waals surface area contributed by atoms with Crippen LogP contribution in [-0.2, 0) is 0 Å². The summed E-state index contributed by atoms with van der Waals surface area (Å²) in [5, 5.41) is 9.91. The molecule has 2 aliphatic rings. The monoisotopic (exact) mass is 335 g/mol. The first-order chi connectivity index (χ1) is 12.3. The molecule has 0 fully saturated rings. The summed E-state index contributed by atoms with van der Waals surface area (Å²) in [4.78, 5) is 13.1. The first kappa shape index (κ1) is 15.4. The zero-order valence-corrected chi connectivity index (χ0v) is 13.8. The van der Waals surface area contributed by atoms with Gasteiger partial charge in [0.05, 0.1) is 13.7 Å². The number of carbonyl (C=O) groups excluding carboxylic acids is 1. The van der Waals surface area contributed by atoms with Gasteiger partial charge in [0, 0.05) is 11.1 Å². The van der Waals surface area contributed by atoms with Gasteiger partial charge in [-0.1, -0.05) is 47.7 Å². The van der Waals surface area contributed by atoms with Gasteiger partial charge in [-0.15, -0.1) is 0 Å². The molecule has 0 radical (unpaired) electrons. The molecule has 0 N–H and O–H groups in total. The maximum atomic E-state index is 13.1. The lowest BCUT2D eigenvalue weighted by molar-refractivity contribution is 0.0967. The topological polar surface area (TPSA) is 63.5 Å². The molecule has 126 valence electrons. The molecule has 1 atom stereocenters. The van der Waals surface area contributed by atoms with Crippen molar-refractivity contribution in [2.45, 2.75) is 6.04 Å². The predicted molar refractivity (Wildman–Crippen MR) is 92.6 cm³/mol. The highest BCUT2D eigenvalue weighted by Gasteiger charge is 2.32. The Labute approximate surface area is 145 Å². The van der Waals surface area contributed by atoms with E-state index in [1.165, 1.54) is 0 Å². The highest BCUT2D eigenvalue weighted by molar-refractivity contribution is 6.11. The third-order valence-corrected chi connectivity index (χ3v) is 4.25. The number of ether oxygens (including phenoxy) is 2. The van der Waals surface area contributed by atoms with Crippen molar-refractivity contribution in [1.29, 1.82) is 0 Å². The van der Waals surface area contributed by atoms with Crippen molar-refractivity contribution in [3.63, 3.8) is 0 Å². The molecular formula is C19H17N3O3. The number of carbonyl (C=O) groups is 1. The van der Waals surface area contributed by atoms with Crippen LogP contribution in [0.4, 0.5) is 0 Å². The smallest absolute Gasteiger partial charge is 0.211 e. The first-order valence-corrected chi connectivity index (χ1v) is 8.06. The molecule has 4 rings (SSSR count). The van der Waals surface area contributed by atoms with Crippen molar-refractivity contribution in [2.75, 3.05) is 20.3 Å². The normalized spacial score (nSPS) is 20.4. The Hall–Kier alpha value is -3.15. The molecule has 1 unspecified atom stereocenters. The molecule has 2 aromatic rings. The molecule has 6 nitrogen and oxygen atoms in total. The maximum absolute atomic E-state index is 13.1. The SMILES string of the molecule is COc1cccc2c1OCC1CN=NN1/C(C(=O)c1ccccc1)=C\2. The number of hydrogen-bond acceptors (Lipinski definition) is 6. The van der Waals surface area contributed by atoms with E-state index in [2.05, 4.69) is 10.3 Å². The molecule has 0 saturated heterocycles. The number of ketones is 1. The summed E-state index contributed by atoms with van der Waals surface area (Å²) in [6.07, 6.45) is 1.80. The summed E-state index contributed by atoms with van der Waals surface area (Å²) >= 11 is 0. The fraction of sp³-hybridized carbons (Fsp3) is 0.211. The highest BCUT2D eigenvalue weighted by atomic mass is 16.5. The summed E-state index contributed by atoms with van der Waals surface area (Å²) < 4.78 is 11.4. The number of methoxy groups -OCH3 is 1. The number of allylic oxidation sites excluding steroid dienone is 1. The van der Waals surface area contributed by atoms with E-state index >= 15 is 0 Å². The lowest BCUT2D eigenvalue weighted by Crippen LogP contribution is -2.37. The van der Waals surface area contributed by atoms with Gasteiger partial charge in [-0.05, 0) is 12.1 Å². The fourth-order valence-corrected chi connectivity index (χ4v) is 2.98. The summed E-state index contributed by atoms with van der Waals surface area (Å²) in [5.74, 6) is 1.18. The van der Waals surface area contributed by atoms with Crippen LogP contribution in [0.15, 0.2) is 64.6 Å². The van der Waals surface area contributed by atoms with Crippen LogP contribution >= 0.6 is 0 Å². The molecule has 0 aliphatic carbocycles. The van der Waals surface area contributed by atoms with Gasteiger partial charge >= 0.3 is 0 Å². The third kappa shape index (κ3) is 2.76. The van der Waals surface area contributed by atoms with Crippen LogP contribution in [0.5, 0.6) is 11.5 Å². The summed E-state index contributed by atoms with van der Waals surface area (Å²) in [7, 11) is 1.60. The summed E-state index contributed by atoms with van der Waals surface area (Å²) in [6.45, 7) is 0.865. The highest BCUT2D eigenvalue weighted by Crippen LogP contribution is 2.36. The third-order valence-electron chi connectivity index (χ3n) is 4.25. The second-order valence-corrected chi connectivity index (χ2v) is 5.83. The summed E-state index contributed by atoms with van der Waals surface area (Å²) in [6, 6.07) is 14.7. The molecule has 0 bridgehead atoms. The molecule has 0 saturated carbocycles. The minimum absolute atomic E-state index is 0.0953. The van der Waals surface area contributed by atoms with E-state index in [0.717, 1.165) is 5.56 Å². The Morgan fingerprint density at radius 1 is 1.20 bits per heavy atom. The van der Waals surface area contributed by atoms with E-state index in [1.807, 2.05) is 36.4 Å². The first-order valence-electron chi connectivity index (χ1n) is 8.06. The quantitative estimate of drug-likeness (QED) is 0.807. The predicted octanol–water partition coefficient (Wildman–Crippen LogP) is 3.36. The van der Waals surface area contributed by atoms with Gasteiger partial charge in [0.25, 0.3) is 0 Å². The zero-order chi connectivity index (χ0) is 17.2. The van der Waals surface area contributed by atoms with E-state index in [4.69, 9.17) is 9.47 Å². The number of fused-ring (bicyclic) bond motifs is 2. The Bertz CT molecular complexity index is 861. The van der Waals surface area contributed by atoms with E-state index in [0.29, 0.717) is 35.9 Å². The second-order valence-electron chi connectivity index (χ2n) is 5.83. The van der Waals surface area contributed by atoms with Crippen LogP contribution in [0.1, 0.15) is 15.9 Å². The summed E-state index contributed by atoms with van der Waals surface area (Å²) in [5.41, 5.74) is 1.87. The molecular weight excluding hydrogens is 318 g/mol. The van der Waals surface area contributed by atoms with E-state index < -0.39 is 0 Å². The van der Waals surface area contributed by atoms with Crippen molar-refractivity contribution < 1.29 is 14.3 Å². The van der Waals surface area contributed by atoms with E-state index in [-0.39, 0.29) is 11.8 Å². The van der Waals surface area contributed by atoms with Crippen LogP contribution in [0.3, 0.4) is 0 Å². The van der Waals surface area contributed by atoms with E-state index in [1.54, 1.807) is 30.3 Å². The van der Waals surface area contributed by atoms with Gasteiger partial charge in [0.15, 0.2) is 11.5 Å².